The van der Waals surface area contributed by atoms with Crippen LogP contribution in [0.2, 0.25) is 0 Å². The van der Waals surface area contributed by atoms with Crippen LogP contribution < -0.4 is 5.73 Å². The summed E-state index contributed by atoms with van der Waals surface area (Å²) in [4.78, 5) is 13.4. The van der Waals surface area contributed by atoms with Gasteiger partial charge in [-0.25, -0.2) is 0 Å². The predicted molar refractivity (Wildman–Crippen MR) is 59.5 cm³/mol. The Balaban J connectivity index is 2.50. The Bertz CT molecular complexity index is 207. The predicted octanol–water partition coefficient (Wildman–Crippen LogP) is 0.751. The number of hydrogen-bond donors (Lipinski definition) is 1. The molecule has 0 aromatic heterocycles. The van der Waals surface area contributed by atoms with Crippen molar-refractivity contribution in [2.45, 2.75) is 45.3 Å². The minimum Gasteiger partial charge on any atom is -0.377 e. The maximum absolute atomic E-state index is 11.2. The van der Waals surface area contributed by atoms with E-state index in [1.807, 2.05) is 13.8 Å². The van der Waals surface area contributed by atoms with Crippen LogP contribution in [0.3, 0.4) is 0 Å². The molecule has 1 saturated heterocycles. The van der Waals surface area contributed by atoms with Crippen molar-refractivity contribution in [1.29, 1.82) is 0 Å². The molecule has 1 aliphatic rings. The van der Waals surface area contributed by atoms with Gasteiger partial charge in [0.1, 0.15) is 0 Å². The number of primary amides is 1. The van der Waals surface area contributed by atoms with Crippen molar-refractivity contribution in [2.24, 2.45) is 5.73 Å². The molecule has 2 N–H and O–H groups in total. The summed E-state index contributed by atoms with van der Waals surface area (Å²) in [6.45, 7) is 6.55. The number of ether oxygens (including phenoxy) is 1. The molecule has 0 aromatic rings. The van der Waals surface area contributed by atoms with E-state index in [2.05, 4.69) is 4.90 Å². The number of carbonyl (C=O) groups is 1. The topological polar surface area (TPSA) is 55.6 Å². The molecule has 0 saturated carbocycles. The lowest BCUT2D eigenvalue weighted by Crippen LogP contribution is -2.50. The van der Waals surface area contributed by atoms with Gasteiger partial charge in [0.2, 0.25) is 5.91 Å². The second-order valence-electron chi connectivity index (χ2n) is 4.04. The smallest absolute Gasteiger partial charge is 0.234 e. The average molecular weight is 214 g/mol. The van der Waals surface area contributed by atoms with Gasteiger partial charge in [-0.1, -0.05) is 6.92 Å². The Morgan fingerprint density at radius 3 is 2.87 bits per heavy atom. The zero-order chi connectivity index (χ0) is 11.3. The van der Waals surface area contributed by atoms with Crippen LogP contribution in [-0.2, 0) is 9.53 Å². The van der Waals surface area contributed by atoms with E-state index < -0.39 is 0 Å². The number of amides is 1. The molecule has 4 heteroatoms. The Labute approximate surface area is 91.8 Å². The molecule has 1 fully saturated rings. The van der Waals surface area contributed by atoms with Gasteiger partial charge in [-0.15, -0.1) is 0 Å². The van der Waals surface area contributed by atoms with Crippen molar-refractivity contribution in [3.05, 3.63) is 0 Å². The van der Waals surface area contributed by atoms with Gasteiger partial charge in [-0.3, -0.25) is 9.69 Å². The van der Waals surface area contributed by atoms with Crippen LogP contribution in [0, 0.1) is 0 Å². The SMILES string of the molecule is CCOC1CCCN(C(CC)C(N)=O)C1. The summed E-state index contributed by atoms with van der Waals surface area (Å²) < 4.78 is 5.59. The molecule has 0 radical (unpaired) electrons. The molecule has 0 spiro atoms. The lowest BCUT2D eigenvalue weighted by atomic mass is 10.0. The van der Waals surface area contributed by atoms with E-state index in [1.54, 1.807) is 0 Å². The lowest BCUT2D eigenvalue weighted by molar-refractivity contribution is -0.125. The largest absolute Gasteiger partial charge is 0.377 e. The summed E-state index contributed by atoms with van der Waals surface area (Å²) >= 11 is 0. The molecule has 15 heavy (non-hydrogen) atoms. The van der Waals surface area contributed by atoms with Gasteiger partial charge in [0, 0.05) is 13.2 Å². The van der Waals surface area contributed by atoms with Gasteiger partial charge in [0.15, 0.2) is 0 Å². The molecule has 1 rings (SSSR count). The average Bonchev–Trinajstić information content (AvgIpc) is 2.19. The minimum absolute atomic E-state index is 0.117. The molecule has 4 nitrogen and oxygen atoms in total. The highest BCUT2D eigenvalue weighted by Crippen LogP contribution is 2.16. The molecule has 2 unspecified atom stereocenters. The molecule has 1 heterocycles. The van der Waals surface area contributed by atoms with Gasteiger partial charge in [-0.05, 0) is 32.7 Å². The van der Waals surface area contributed by atoms with E-state index in [1.165, 1.54) is 0 Å². The molecule has 88 valence electrons. The highest BCUT2D eigenvalue weighted by molar-refractivity contribution is 5.79. The summed E-state index contributed by atoms with van der Waals surface area (Å²) in [6, 6.07) is -0.117. The highest BCUT2D eigenvalue weighted by Gasteiger charge is 2.27. The maximum Gasteiger partial charge on any atom is 0.234 e. The maximum atomic E-state index is 11.2. The third-order valence-corrected chi connectivity index (χ3v) is 2.97. The monoisotopic (exact) mass is 214 g/mol. The summed E-state index contributed by atoms with van der Waals surface area (Å²) in [6.07, 6.45) is 3.25. The van der Waals surface area contributed by atoms with Crippen molar-refractivity contribution in [3.63, 3.8) is 0 Å². The first-order chi connectivity index (χ1) is 7.19. The van der Waals surface area contributed by atoms with Crippen molar-refractivity contribution in [1.82, 2.24) is 4.90 Å². The third kappa shape index (κ3) is 3.47. The first kappa shape index (κ1) is 12.5. The van der Waals surface area contributed by atoms with Crippen molar-refractivity contribution in [2.75, 3.05) is 19.7 Å². The molecule has 0 aromatic carbocycles. The summed E-state index contributed by atoms with van der Waals surface area (Å²) in [5.74, 6) is -0.213. The number of likely N-dealkylation sites (tertiary alicyclic amines) is 1. The Morgan fingerprint density at radius 2 is 2.33 bits per heavy atom. The number of nitrogens with zero attached hydrogens (tertiary/aromatic N) is 1. The van der Waals surface area contributed by atoms with Gasteiger partial charge in [-0.2, -0.15) is 0 Å². The number of hydrogen-bond acceptors (Lipinski definition) is 3. The molecule has 0 aliphatic carbocycles. The normalized spacial score (nSPS) is 25.1. The Morgan fingerprint density at radius 1 is 1.60 bits per heavy atom. The second kappa shape index (κ2) is 6.08. The molecule has 1 aliphatic heterocycles. The van der Waals surface area contributed by atoms with Crippen molar-refractivity contribution < 1.29 is 9.53 Å². The minimum atomic E-state index is -0.213. The summed E-state index contributed by atoms with van der Waals surface area (Å²) in [7, 11) is 0. The van der Waals surface area contributed by atoms with E-state index in [9.17, 15) is 4.79 Å². The molecule has 0 bridgehead atoms. The van der Waals surface area contributed by atoms with Gasteiger partial charge < -0.3 is 10.5 Å². The molecule has 2 atom stereocenters. The summed E-state index contributed by atoms with van der Waals surface area (Å²) in [5.41, 5.74) is 5.38. The van der Waals surface area contributed by atoms with E-state index >= 15 is 0 Å². The van der Waals surface area contributed by atoms with Crippen LogP contribution in [0.1, 0.15) is 33.1 Å². The number of rotatable bonds is 5. The third-order valence-electron chi connectivity index (χ3n) is 2.97. The van der Waals surface area contributed by atoms with Crippen LogP contribution in [0.25, 0.3) is 0 Å². The van der Waals surface area contributed by atoms with E-state index in [4.69, 9.17) is 10.5 Å². The standard InChI is InChI=1S/C11H22N2O2/c1-3-10(11(12)14)13-7-5-6-9(8-13)15-4-2/h9-10H,3-8H2,1-2H3,(H2,12,14). The van der Waals surface area contributed by atoms with Gasteiger partial charge in [0.05, 0.1) is 12.1 Å². The van der Waals surface area contributed by atoms with Crippen molar-refractivity contribution in [3.8, 4) is 0 Å². The first-order valence-corrected chi connectivity index (χ1v) is 5.84. The number of piperidine rings is 1. The van der Waals surface area contributed by atoms with E-state index in [0.29, 0.717) is 0 Å². The van der Waals surface area contributed by atoms with Gasteiger partial charge in [0.25, 0.3) is 0 Å². The fraction of sp³-hybridized carbons (Fsp3) is 0.909. The van der Waals surface area contributed by atoms with Crippen LogP contribution in [0.4, 0.5) is 0 Å². The Hall–Kier alpha value is -0.610. The van der Waals surface area contributed by atoms with Crippen LogP contribution in [0.5, 0.6) is 0 Å². The fourth-order valence-corrected chi connectivity index (χ4v) is 2.26. The van der Waals surface area contributed by atoms with E-state index in [-0.39, 0.29) is 18.1 Å². The molecular weight excluding hydrogens is 192 g/mol. The van der Waals surface area contributed by atoms with Gasteiger partial charge >= 0.3 is 0 Å². The quantitative estimate of drug-likeness (QED) is 0.735. The summed E-state index contributed by atoms with van der Waals surface area (Å²) in [5, 5.41) is 0. The molecular formula is C11H22N2O2. The Kier molecular flexibility index (Phi) is 5.05. The van der Waals surface area contributed by atoms with Crippen molar-refractivity contribution >= 4 is 5.91 Å². The van der Waals surface area contributed by atoms with Crippen LogP contribution >= 0.6 is 0 Å². The van der Waals surface area contributed by atoms with Crippen LogP contribution in [0.15, 0.2) is 0 Å². The first-order valence-electron chi connectivity index (χ1n) is 5.84. The zero-order valence-corrected chi connectivity index (χ0v) is 9.74. The lowest BCUT2D eigenvalue weighted by Gasteiger charge is -2.36. The number of carbonyl (C=O) groups excluding carboxylic acids is 1. The highest BCUT2D eigenvalue weighted by atomic mass is 16.5. The number of nitrogens with two attached hydrogens (primary N) is 1. The van der Waals surface area contributed by atoms with E-state index in [0.717, 1.165) is 39.0 Å². The zero-order valence-electron chi connectivity index (χ0n) is 9.74. The second-order valence-corrected chi connectivity index (χ2v) is 4.04. The fourth-order valence-electron chi connectivity index (χ4n) is 2.26. The molecule has 1 amide bonds. The van der Waals surface area contributed by atoms with Crippen LogP contribution in [-0.4, -0.2) is 42.6 Å².